The summed E-state index contributed by atoms with van der Waals surface area (Å²) in [5, 5.41) is 0.580. The average Bonchev–Trinajstić information content (AvgIpc) is 2.89. The van der Waals surface area contributed by atoms with Crippen LogP contribution >= 0.6 is 0 Å². The van der Waals surface area contributed by atoms with Crippen molar-refractivity contribution in [3.8, 4) is 5.75 Å². The molecule has 34 heavy (non-hydrogen) atoms. The molecule has 4 aromatic rings. The maximum Gasteiger partial charge on any atom is 0.261 e. The fourth-order valence-corrected chi connectivity index (χ4v) is 4.31. The number of carbonyl (C=O) groups excluding carboxylic acids is 1. The highest BCUT2D eigenvalue weighted by Crippen LogP contribution is 2.28. The molecule has 0 saturated heterocycles. The molecule has 1 heterocycles. The van der Waals surface area contributed by atoms with E-state index in [0.29, 0.717) is 47.6 Å². The van der Waals surface area contributed by atoms with Gasteiger partial charge >= 0.3 is 0 Å². The molecule has 0 aliphatic carbocycles. The molecule has 6 heteroatoms. The number of carbonyl (C=O) groups is 1. The molecule has 0 saturated carbocycles. The minimum absolute atomic E-state index is 0.0879. The monoisotopic (exact) mass is 455 g/mol. The standard InChI is InChI=1S/C28H29N3O3/c1-4-25(26-29-24-17-10-9-16-23(24)28(33)30(26)5-2)31(19-20-12-7-6-8-13-20)27(32)21-14-11-15-22(18-21)34-3/h6-18,25H,4-5,19H2,1-3H3. The normalized spacial score (nSPS) is 11.9. The largest absolute Gasteiger partial charge is 0.497 e. The smallest absolute Gasteiger partial charge is 0.261 e. The number of benzene rings is 3. The van der Waals surface area contributed by atoms with E-state index >= 15 is 0 Å². The van der Waals surface area contributed by atoms with Gasteiger partial charge in [-0.25, -0.2) is 4.98 Å². The number of para-hydroxylation sites is 1. The van der Waals surface area contributed by atoms with E-state index in [2.05, 4.69) is 0 Å². The Morgan fingerprint density at radius 1 is 1.00 bits per heavy atom. The molecule has 4 rings (SSSR count). The van der Waals surface area contributed by atoms with Gasteiger partial charge in [-0.15, -0.1) is 0 Å². The summed E-state index contributed by atoms with van der Waals surface area (Å²) in [5.74, 6) is 1.08. The van der Waals surface area contributed by atoms with Gasteiger partial charge in [0.25, 0.3) is 11.5 Å². The fraction of sp³-hybridized carbons (Fsp3) is 0.250. The Hall–Kier alpha value is -3.93. The third-order valence-electron chi connectivity index (χ3n) is 6.04. The van der Waals surface area contributed by atoms with Gasteiger partial charge in [-0.05, 0) is 49.2 Å². The Morgan fingerprint density at radius 3 is 2.44 bits per heavy atom. The zero-order valence-electron chi connectivity index (χ0n) is 19.8. The van der Waals surface area contributed by atoms with Crippen LogP contribution in [0, 0.1) is 0 Å². The van der Waals surface area contributed by atoms with Gasteiger partial charge in [-0.3, -0.25) is 14.2 Å². The van der Waals surface area contributed by atoms with Gasteiger partial charge in [0.1, 0.15) is 11.6 Å². The number of rotatable bonds is 8. The van der Waals surface area contributed by atoms with E-state index < -0.39 is 6.04 Å². The van der Waals surface area contributed by atoms with E-state index in [-0.39, 0.29) is 11.5 Å². The lowest BCUT2D eigenvalue weighted by Gasteiger charge is -2.32. The van der Waals surface area contributed by atoms with E-state index in [1.54, 1.807) is 29.9 Å². The summed E-state index contributed by atoms with van der Waals surface area (Å²) in [4.78, 5) is 33.9. The van der Waals surface area contributed by atoms with Gasteiger partial charge < -0.3 is 9.64 Å². The number of nitrogens with zero attached hydrogens (tertiary/aromatic N) is 3. The molecule has 1 unspecified atom stereocenters. The van der Waals surface area contributed by atoms with Crippen molar-refractivity contribution in [2.24, 2.45) is 0 Å². The molecule has 0 spiro atoms. The third-order valence-corrected chi connectivity index (χ3v) is 6.04. The van der Waals surface area contributed by atoms with Crippen molar-refractivity contribution in [1.82, 2.24) is 14.5 Å². The first-order valence-corrected chi connectivity index (χ1v) is 11.6. The number of hydrogen-bond donors (Lipinski definition) is 0. The molecule has 1 amide bonds. The second-order valence-electron chi connectivity index (χ2n) is 8.11. The number of hydrogen-bond acceptors (Lipinski definition) is 4. The molecular formula is C28H29N3O3. The van der Waals surface area contributed by atoms with Crippen LogP contribution in [0.25, 0.3) is 10.9 Å². The molecule has 0 aliphatic rings. The molecule has 3 aromatic carbocycles. The lowest BCUT2D eigenvalue weighted by Crippen LogP contribution is -2.38. The summed E-state index contributed by atoms with van der Waals surface area (Å²) in [6, 6.07) is 24.0. The van der Waals surface area contributed by atoms with Crippen molar-refractivity contribution < 1.29 is 9.53 Å². The first kappa shape index (κ1) is 23.2. The van der Waals surface area contributed by atoms with Gasteiger partial charge in [0, 0.05) is 18.7 Å². The zero-order valence-corrected chi connectivity index (χ0v) is 19.8. The fourth-order valence-electron chi connectivity index (χ4n) is 4.31. The number of fused-ring (bicyclic) bond motifs is 1. The Bertz CT molecular complexity index is 1350. The molecule has 1 aromatic heterocycles. The third kappa shape index (κ3) is 4.57. The van der Waals surface area contributed by atoms with E-state index in [1.807, 2.05) is 79.4 Å². The van der Waals surface area contributed by atoms with Crippen LogP contribution in [0.15, 0.2) is 83.7 Å². The van der Waals surface area contributed by atoms with Gasteiger partial charge in [0.15, 0.2) is 0 Å². The number of amides is 1. The molecule has 0 aliphatic heterocycles. The van der Waals surface area contributed by atoms with Crippen LogP contribution in [-0.2, 0) is 13.1 Å². The van der Waals surface area contributed by atoms with Crippen LogP contribution in [0.2, 0.25) is 0 Å². The molecule has 1 atom stereocenters. The minimum Gasteiger partial charge on any atom is -0.497 e. The van der Waals surface area contributed by atoms with Gasteiger partial charge in [-0.2, -0.15) is 0 Å². The van der Waals surface area contributed by atoms with Gasteiger partial charge in [0.2, 0.25) is 0 Å². The van der Waals surface area contributed by atoms with Crippen molar-refractivity contribution in [2.45, 2.75) is 39.4 Å². The Morgan fingerprint density at radius 2 is 1.74 bits per heavy atom. The van der Waals surface area contributed by atoms with E-state index in [0.717, 1.165) is 5.56 Å². The maximum absolute atomic E-state index is 13.9. The predicted molar refractivity (Wildman–Crippen MR) is 134 cm³/mol. The summed E-state index contributed by atoms with van der Waals surface area (Å²) in [6.45, 7) is 4.80. The van der Waals surface area contributed by atoms with Crippen molar-refractivity contribution in [2.75, 3.05) is 7.11 Å². The van der Waals surface area contributed by atoms with E-state index in [1.165, 1.54) is 0 Å². The predicted octanol–water partition coefficient (Wildman–Crippen LogP) is 5.22. The summed E-state index contributed by atoms with van der Waals surface area (Å²) >= 11 is 0. The van der Waals surface area contributed by atoms with Gasteiger partial charge in [0.05, 0.1) is 24.1 Å². The highest BCUT2D eigenvalue weighted by Gasteiger charge is 2.29. The molecule has 174 valence electrons. The lowest BCUT2D eigenvalue weighted by molar-refractivity contribution is 0.0637. The second kappa shape index (κ2) is 10.3. The van der Waals surface area contributed by atoms with Crippen molar-refractivity contribution in [1.29, 1.82) is 0 Å². The summed E-state index contributed by atoms with van der Waals surface area (Å²) < 4.78 is 7.03. The topological polar surface area (TPSA) is 64.4 Å². The molecule has 0 N–H and O–H groups in total. The number of methoxy groups -OCH3 is 1. The Balaban J connectivity index is 1.87. The first-order valence-electron chi connectivity index (χ1n) is 11.6. The molecule has 0 bridgehead atoms. The minimum atomic E-state index is -0.392. The Kier molecular flexibility index (Phi) is 7.07. The molecular weight excluding hydrogens is 426 g/mol. The summed E-state index contributed by atoms with van der Waals surface area (Å²) in [5.41, 5.74) is 2.08. The van der Waals surface area contributed by atoms with Crippen LogP contribution in [0.4, 0.5) is 0 Å². The first-order chi connectivity index (χ1) is 16.6. The highest BCUT2D eigenvalue weighted by molar-refractivity contribution is 5.95. The van der Waals surface area contributed by atoms with E-state index in [4.69, 9.17) is 9.72 Å². The van der Waals surface area contributed by atoms with Crippen LogP contribution in [0.5, 0.6) is 5.75 Å². The number of aromatic nitrogens is 2. The van der Waals surface area contributed by atoms with Crippen molar-refractivity contribution >= 4 is 16.8 Å². The summed E-state index contributed by atoms with van der Waals surface area (Å²) in [7, 11) is 1.58. The lowest BCUT2D eigenvalue weighted by atomic mass is 10.1. The maximum atomic E-state index is 13.9. The van der Waals surface area contributed by atoms with Crippen LogP contribution in [0.1, 0.15) is 48.1 Å². The SMILES string of the molecule is CCC(c1nc2ccccc2c(=O)n1CC)N(Cc1ccccc1)C(=O)c1cccc(OC)c1. The highest BCUT2D eigenvalue weighted by atomic mass is 16.5. The van der Waals surface area contributed by atoms with Crippen LogP contribution < -0.4 is 10.3 Å². The van der Waals surface area contributed by atoms with Crippen molar-refractivity contribution in [3.05, 3.63) is 106 Å². The van der Waals surface area contributed by atoms with E-state index in [9.17, 15) is 9.59 Å². The van der Waals surface area contributed by atoms with Crippen LogP contribution in [-0.4, -0.2) is 27.5 Å². The number of ether oxygens (including phenoxy) is 1. The molecule has 6 nitrogen and oxygen atoms in total. The zero-order chi connectivity index (χ0) is 24.1. The summed E-state index contributed by atoms with van der Waals surface area (Å²) in [6.07, 6.45) is 0.604. The Labute approximate surface area is 199 Å². The van der Waals surface area contributed by atoms with Gasteiger partial charge in [-0.1, -0.05) is 55.5 Å². The average molecular weight is 456 g/mol. The van der Waals surface area contributed by atoms with Crippen LogP contribution in [0.3, 0.4) is 0 Å². The molecule has 0 fully saturated rings. The molecule has 0 radical (unpaired) electrons. The van der Waals surface area contributed by atoms with Crippen molar-refractivity contribution in [3.63, 3.8) is 0 Å². The quantitative estimate of drug-likeness (QED) is 0.365. The second-order valence-corrected chi connectivity index (χ2v) is 8.11.